The quantitative estimate of drug-likeness (QED) is 0.419. The molecule has 3 aromatic carbocycles. The number of piperidine rings is 1. The van der Waals surface area contributed by atoms with Crippen LogP contribution in [0.15, 0.2) is 91.1 Å². The van der Waals surface area contributed by atoms with Gasteiger partial charge in [-0.15, -0.1) is 0 Å². The van der Waals surface area contributed by atoms with E-state index < -0.39 is 0 Å². The number of aromatic nitrogens is 2. The predicted octanol–water partition coefficient (Wildman–Crippen LogP) is 4.94. The first-order chi connectivity index (χ1) is 17.2. The molecule has 2 heterocycles. The van der Waals surface area contributed by atoms with E-state index in [9.17, 15) is 4.79 Å². The van der Waals surface area contributed by atoms with Crippen molar-refractivity contribution in [1.82, 2.24) is 20.0 Å². The predicted molar refractivity (Wildman–Crippen MR) is 138 cm³/mol. The highest BCUT2D eigenvalue weighted by atomic mass is 16.5. The second kappa shape index (κ2) is 10.6. The highest BCUT2D eigenvalue weighted by Crippen LogP contribution is 2.24. The largest absolute Gasteiger partial charge is 0.497 e. The molecule has 0 aliphatic carbocycles. The van der Waals surface area contributed by atoms with Crippen molar-refractivity contribution >= 4 is 5.91 Å². The number of carbonyl (C=O) groups is 1. The standard InChI is InChI=1S/C29H30N4O2/c1-35-26-14-8-9-22(19-26)20-32-17-15-24(16-18-32)30-29(34)27-21-33(25-12-6-3-7-13-25)31-28(27)23-10-4-2-5-11-23/h2-14,19,21,24H,15-18,20H2,1H3,(H,30,34). The molecule has 35 heavy (non-hydrogen) atoms. The van der Waals surface area contributed by atoms with Crippen LogP contribution in [-0.2, 0) is 6.54 Å². The number of para-hydroxylation sites is 1. The van der Waals surface area contributed by atoms with Crippen LogP contribution in [-0.4, -0.2) is 46.8 Å². The summed E-state index contributed by atoms with van der Waals surface area (Å²) in [6.45, 7) is 2.77. The maximum atomic E-state index is 13.4. The summed E-state index contributed by atoms with van der Waals surface area (Å²) in [4.78, 5) is 15.8. The minimum atomic E-state index is -0.0720. The molecule has 0 saturated carbocycles. The van der Waals surface area contributed by atoms with E-state index >= 15 is 0 Å². The lowest BCUT2D eigenvalue weighted by atomic mass is 10.0. The molecule has 0 spiro atoms. The van der Waals surface area contributed by atoms with E-state index in [1.54, 1.807) is 11.8 Å². The number of nitrogens with one attached hydrogen (secondary N) is 1. The third-order valence-corrected chi connectivity index (χ3v) is 6.49. The molecule has 0 radical (unpaired) electrons. The number of carbonyl (C=O) groups excluding carboxylic acids is 1. The first-order valence-corrected chi connectivity index (χ1v) is 12.1. The molecule has 5 rings (SSSR count). The third-order valence-electron chi connectivity index (χ3n) is 6.49. The van der Waals surface area contributed by atoms with Crippen LogP contribution in [0.5, 0.6) is 5.75 Å². The van der Waals surface area contributed by atoms with Crippen molar-refractivity contribution in [2.45, 2.75) is 25.4 Å². The summed E-state index contributed by atoms with van der Waals surface area (Å²) in [6.07, 6.45) is 3.68. The van der Waals surface area contributed by atoms with E-state index in [0.717, 1.165) is 49.5 Å². The SMILES string of the molecule is COc1cccc(CN2CCC(NC(=O)c3cn(-c4ccccc4)nc3-c3ccccc3)CC2)c1. The van der Waals surface area contributed by atoms with Gasteiger partial charge >= 0.3 is 0 Å². The highest BCUT2D eigenvalue weighted by Gasteiger charge is 2.24. The molecule has 1 saturated heterocycles. The zero-order chi connectivity index (χ0) is 24.0. The Morgan fingerprint density at radius 1 is 0.971 bits per heavy atom. The Balaban J connectivity index is 1.27. The first-order valence-electron chi connectivity index (χ1n) is 12.1. The van der Waals surface area contributed by atoms with Crippen molar-refractivity contribution in [1.29, 1.82) is 0 Å². The minimum absolute atomic E-state index is 0.0720. The number of nitrogens with zero attached hydrogens (tertiary/aromatic N) is 3. The average Bonchev–Trinajstić information content (AvgIpc) is 3.37. The van der Waals surface area contributed by atoms with Crippen LogP contribution in [0.25, 0.3) is 16.9 Å². The second-order valence-electron chi connectivity index (χ2n) is 8.91. The van der Waals surface area contributed by atoms with E-state index in [1.807, 2.05) is 79.0 Å². The number of amides is 1. The molecule has 6 nitrogen and oxygen atoms in total. The second-order valence-corrected chi connectivity index (χ2v) is 8.91. The Hall–Kier alpha value is -3.90. The average molecular weight is 467 g/mol. The van der Waals surface area contributed by atoms with Gasteiger partial charge in [0, 0.05) is 37.4 Å². The smallest absolute Gasteiger partial charge is 0.255 e. The maximum Gasteiger partial charge on any atom is 0.255 e. The Morgan fingerprint density at radius 3 is 2.40 bits per heavy atom. The Kier molecular flexibility index (Phi) is 6.91. The molecule has 1 fully saturated rings. The molecular formula is C29H30N4O2. The van der Waals surface area contributed by atoms with E-state index in [-0.39, 0.29) is 11.9 Å². The molecule has 1 aliphatic heterocycles. The molecule has 178 valence electrons. The number of methoxy groups -OCH3 is 1. The summed E-state index contributed by atoms with van der Waals surface area (Å²) in [5.41, 5.74) is 4.39. The van der Waals surface area contributed by atoms with Crippen LogP contribution in [0.1, 0.15) is 28.8 Å². The summed E-state index contributed by atoms with van der Waals surface area (Å²) in [7, 11) is 1.69. The van der Waals surface area contributed by atoms with Crippen LogP contribution in [0.3, 0.4) is 0 Å². The van der Waals surface area contributed by atoms with Crippen molar-refractivity contribution < 1.29 is 9.53 Å². The van der Waals surface area contributed by atoms with Gasteiger partial charge < -0.3 is 10.1 Å². The zero-order valence-electron chi connectivity index (χ0n) is 19.9. The number of benzene rings is 3. The number of hydrogen-bond acceptors (Lipinski definition) is 4. The first kappa shape index (κ1) is 22.9. The molecule has 4 aromatic rings. The Bertz CT molecular complexity index is 1260. The van der Waals surface area contributed by atoms with Gasteiger partial charge in [-0.05, 0) is 42.7 Å². The Labute approximate surface area is 206 Å². The van der Waals surface area contributed by atoms with Gasteiger partial charge in [0.25, 0.3) is 5.91 Å². The lowest BCUT2D eigenvalue weighted by Gasteiger charge is -2.32. The molecule has 0 bridgehead atoms. The molecule has 1 amide bonds. The van der Waals surface area contributed by atoms with Crippen LogP contribution in [0, 0.1) is 0 Å². The number of ether oxygens (including phenoxy) is 1. The lowest BCUT2D eigenvalue weighted by Crippen LogP contribution is -2.44. The van der Waals surface area contributed by atoms with Gasteiger partial charge in [0.1, 0.15) is 11.4 Å². The molecule has 0 unspecified atom stereocenters. The summed E-state index contributed by atoms with van der Waals surface area (Å²) in [5.74, 6) is 0.812. The number of rotatable bonds is 7. The number of hydrogen-bond donors (Lipinski definition) is 1. The molecule has 6 heteroatoms. The summed E-state index contributed by atoms with van der Waals surface area (Å²) in [6, 6.07) is 28.1. The molecule has 0 atom stereocenters. The topological polar surface area (TPSA) is 59.4 Å². The van der Waals surface area contributed by atoms with Crippen LogP contribution in [0.4, 0.5) is 0 Å². The minimum Gasteiger partial charge on any atom is -0.497 e. The fourth-order valence-electron chi connectivity index (χ4n) is 4.59. The van der Waals surface area contributed by atoms with E-state index in [4.69, 9.17) is 9.84 Å². The fraction of sp³-hybridized carbons (Fsp3) is 0.241. The van der Waals surface area contributed by atoms with Gasteiger partial charge in [-0.3, -0.25) is 9.69 Å². The van der Waals surface area contributed by atoms with Crippen molar-refractivity contribution in [2.75, 3.05) is 20.2 Å². The number of likely N-dealkylation sites (tertiary alicyclic amines) is 1. The van der Waals surface area contributed by atoms with Crippen LogP contribution >= 0.6 is 0 Å². The molecule has 1 aliphatic rings. The monoisotopic (exact) mass is 466 g/mol. The highest BCUT2D eigenvalue weighted by molar-refractivity contribution is 6.00. The van der Waals surface area contributed by atoms with Crippen LogP contribution in [0.2, 0.25) is 0 Å². The molecule has 1 N–H and O–H groups in total. The van der Waals surface area contributed by atoms with Gasteiger partial charge in [-0.1, -0.05) is 60.7 Å². The van der Waals surface area contributed by atoms with Crippen molar-refractivity contribution in [3.8, 4) is 22.7 Å². The summed E-state index contributed by atoms with van der Waals surface area (Å²) >= 11 is 0. The van der Waals surface area contributed by atoms with Crippen LogP contribution < -0.4 is 10.1 Å². The van der Waals surface area contributed by atoms with Gasteiger partial charge in [-0.25, -0.2) is 4.68 Å². The normalized spacial score (nSPS) is 14.5. The van der Waals surface area contributed by atoms with E-state index in [1.165, 1.54) is 5.56 Å². The van der Waals surface area contributed by atoms with Gasteiger partial charge in [0.05, 0.1) is 18.4 Å². The van der Waals surface area contributed by atoms with Crippen molar-refractivity contribution in [3.05, 3.63) is 102 Å². The van der Waals surface area contributed by atoms with Gasteiger partial charge in [0.2, 0.25) is 0 Å². The Morgan fingerprint density at radius 2 is 1.69 bits per heavy atom. The van der Waals surface area contributed by atoms with E-state index in [2.05, 4.69) is 22.3 Å². The van der Waals surface area contributed by atoms with Crippen molar-refractivity contribution in [2.24, 2.45) is 0 Å². The summed E-state index contributed by atoms with van der Waals surface area (Å²) < 4.78 is 7.13. The van der Waals surface area contributed by atoms with Gasteiger partial charge in [0.15, 0.2) is 0 Å². The van der Waals surface area contributed by atoms with E-state index in [0.29, 0.717) is 11.3 Å². The lowest BCUT2D eigenvalue weighted by molar-refractivity contribution is 0.0909. The van der Waals surface area contributed by atoms with Gasteiger partial charge in [-0.2, -0.15) is 5.10 Å². The van der Waals surface area contributed by atoms with Crippen molar-refractivity contribution in [3.63, 3.8) is 0 Å². The molecule has 1 aromatic heterocycles. The zero-order valence-corrected chi connectivity index (χ0v) is 19.9. The fourth-order valence-corrected chi connectivity index (χ4v) is 4.59. The maximum absolute atomic E-state index is 13.4. The molecular weight excluding hydrogens is 436 g/mol. The summed E-state index contributed by atoms with van der Waals surface area (Å²) in [5, 5.41) is 8.05. The third kappa shape index (κ3) is 5.44.